The summed E-state index contributed by atoms with van der Waals surface area (Å²) in [6.45, 7) is 0.994. The van der Waals surface area contributed by atoms with Gasteiger partial charge in [0.25, 0.3) is 0 Å². The number of carbonyl (C=O) groups is 1. The molecule has 3 rings (SSSR count). The van der Waals surface area contributed by atoms with E-state index < -0.39 is 32.6 Å². The van der Waals surface area contributed by atoms with Crippen molar-refractivity contribution in [1.82, 2.24) is 4.90 Å². The van der Waals surface area contributed by atoms with Crippen LogP contribution in [0.25, 0.3) is 0 Å². The summed E-state index contributed by atoms with van der Waals surface area (Å²) in [6.07, 6.45) is 0.548. The first-order valence-electron chi connectivity index (χ1n) is 9.81. The first kappa shape index (κ1) is 24.4. The van der Waals surface area contributed by atoms with Crippen LogP contribution in [-0.2, 0) is 14.6 Å². The van der Waals surface area contributed by atoms with E-state index in [1.807, 2.05) is 4.90 Å². The fourth-order valence-electron chi connectivity index (χ4n) is 3.61. The van der Waals surface area contributed by atoms with E-state index in [4.69, 9.17) is 16.9 Å². The minimum Gasteiger partial charge on any atom is -0.457 e. The van der Waals surface area contributed by atoms with Crippen molar-refractivity contribution >= 4 is 15.7 Å². The third-order valence-electron chi connectivity index (χ3n) is 5.37. The highest BCUT2D eigenvalue weighted by atomic mass is 32.2. The van der Waals surface area contributed by atoms with Crippen LogP contribution in [0, 0.1) is 12.3 Å². The number of piperidine rings is 1. The molecular weight excluding hydrogens is 461 g/mol. The Morgan fingerprint density at radius 3 is 1.97 bits per heavy atom. The molecule has 33 heavy (non-hydrogen) atoms. The van der Waals surface area contributed by atoms with Gasteiger partial charge in [0.05, 0.1) is 11.4 Å². The smallest absolute Gasteiger partial charge is 0.457 e. The maximum absolute atomic E-state index is 13.3. The zero-order valence-electron chi connectivity index (χ0n) is 17.3. The van der Waals surface area contributed by atoms with Gasteiger partial charge in [-0.1, -0.05) is 5.92 Å². The molecule has 11 heteroatoms. The number of alkyl halides is 3. The number of halogens is 3. The molecule has 1 heterocycles. The van der Waals surface area contributed by atoms with Crippen molar-refractivity contribution < 1.29 is 35.9 Å². The van der Waals surface area contributed by atoms with Crippen LogP contribution in [0.3, 0.4) is 0 Å². The van der Waals surface area contributed by atoms with Crippen LogP contribution >= 0.6 is 0 Å². The summed E-state index contributed by atoms with van der Waals surface area (Å²) >= 11 is 0. The van der Waals surface area contributed by atoms with Gasteiger partial charge in [0.1, 0.15) is 17.2 Å². The van der Waals surface area contributed by atoms with Crippen molar-refractivity contribution in [3.8, 4) is 29.6 Å². The second kappa shape index (κ2) is 9.33. The molecule has 2 aromatic carbocycles. The lowest BCUT2D eigenvalue weighted by Crippen LogP contribution is -2.56. The standard InChI is InChI=1S/C22H21F3N2O5S/c1-2-13-27-14-11-21(12-15-27,20(26)28)33(29,30)19-9-7-17(8-10-19)31-16-3-5-18(6-4-16)32-22(23,24)25/h1,3-10H,11-15H2,(H2,26,28). The third kappa shape index (κ3) is 5.40. The van der Waals surface area contributed by atoms with Gasteiger partial charge in [0.15, 0.2) is 14.6 Å². The SMILES string of the molecule is C#CCN1CCC(C(N)=O)(S(=O)(=O)c2ccc(Oc3ccc(OC(F)(F)F)cc3)cc2)CC1. The van der Waals surface area contributed by atoms with Gasteiger partial charge < -0.3 is 15.2 Å². The van der Waals surface area contributed by atoms with Gasteiger partial charge in [-0.05, 0) is 61.4 Å². The monoisotopic (exact) mass is 482 g/mol. The molecule has 0 unspecified atom stereocenters. The van der Waals surface area contributed by atoms with Crippen LogP contribution < -0.4 is 15.2 Å². The number of likely N-dealkylation sites (tertiary alicyclic amines) is 1. The quantitative estimate of drug-likeness (QED) is 0.609. The molecule has 2 aromatic rings. The molecule has 0 atom stereocenters. The lowest BCUT2D eigenvalue weighted by molar-refractivity contribution is -0.274. The molecule has 0 spiro atoms. The van der Waals surface area contributed by atoms with Gasteiger partial charge in [-0.2, -0.15) is 0 Å². The molecule has 0 aliphatic carbocycles. The van der Waals surface area contributed by atoms with Gasteiger partial charge >= 0.3 is 6.36 Å². The van der Waals surface area contributed by atoms with Crippen LogP contribution in [0.1, 0.15) is 12.8 Å². The Morgan fingerprint density at radius 1 is 1.03 bits per heavy atom. The normalized spacial score (nSPS) is 16.5. The molecule has 0 aromatic heterocycles. The number of ether oxygens (including phenoxy) is 2. The summed E-state index contributed by atoms with van der Waals surface area (Å²) < 4.78 is 71.0. The van der Waals surface area contributed by atoms with Gasteiger partial charge in [-0.15, -0.1) is 19.6 Å². The maximum Gasteiger partial charge on any atom is 0.573 e. The zero-order chi connectivity index (χ0) is 24.3. The maximum atomic E-state index is 13.3. The van der Waals surface area contributed by atoms with Crippen molar-refractivity contribution in [2.45, 2.75) is 28.8 Å². The first-order valence-corrected chi connectivity index (χ1v) is 11.3. The summed E-state index contributed by atoms with van der Waals surface area (Å²) in [5.41, 5.74) is 5.55. The van der Waals surface area contributed by atoms with E-state index in [2.05, 4.69) is 10.7 Å². The van der Waals surface area contributed by atoms with Crippen molar-refractivity contribution in [3.63, 3.8) is 0 Å². The van der Waals surface area contributed by atoms with Crippen LogP contribution in [0.4, 0.5) is 13.2 Å². The highest BCUT2D eigenvalue weighted by Crippen LogP contribution is 2.36. The van der Waals surface area contributed by atoms with E-state index in [9.17, 15) is 26.4 Å². The second-order valence-corrected chi connectivity index (χ2v) is 9.69. The second-order valence-electron chi connectivity index (χ2n) is 7.43. The molecule has 1 amide bonds. The minimum absolute atomic E-state index is 0.0247. The molecule has 0 bridgehead atoms. The number of hydrogen-bond acceptors (Lipinski definition) is 6. The summed E-state index contributed by atoms with van der Waals surface area (Å²) in [4.78, 5) is 14.0. The molecule has 1 saturated heterocycles. The number of rotatable bonds is 7. The molecule has 176 valence electrons. The van der Waals surface area contributed by atoms with Gasteiger partial charge in [-0.3, -0.25) is 9.69 Å². The van der Waals surface area contributed by atoms with Crippen molar-refractivity contribution in [2.75, 3.05) is 19.6 Å². The Labute approximate surface area is 189 Å². The summed E-state index contributed by atoms with van der Waals surface area (Å²) in [5, 5.41) is 0. The Balaban J connectivity index is 1.75. The van der Waals surface area contributed by atoms with Crippen LogP contribution in [-0.4, -0.2) is 50.0 Å². The highest BCUT2D eigenvalue weighted by molar-refractivity contribution is 7.93. The Morgan fingerprint density at radius 2 is 1.52 bits per heavy atom. The Kier molecular flexibility index (Phi) is 6.90. The summed E-state index contributed by atoms with van der Waals surface area (Å²) in [6, 6.07) is 10.1. The Hall–Kier alpha value is -3.23. The highest BCUT2D eigenvalue weighted by Gasteiger charge is 2.51. The molecule has 0 radical (unpaired) electrons. The number of benzene rings is 2. The third-order valence-corrected chi connectivity index (χ3v) is 7.90. The van der Waals surface area contributed by atoms with E-state index in [1.54, 1.807) is 0 Å². The van der Waals surface area contributed by atoms with Crippen molar-refractivity contribution in [2.24, 2.45) is 5.73 Å². The molecule has 1 aliphatic rings. The van der Waals surface area contributed by atoms with Crippen molar-refractivity contribution in [3.05, 3.63) is 48.5 Å². The van der Waals surface area contributed by atoms with E-state index in [-0.39, 0.29) is 29.2 Å². The van der Waals surface area contributed by atoms with Gasteiger partial charge in [0, 0.05) is 13.1 Å². The number of sulfone groups is 1. The van der Waals surface area contributed by atoms with E-state index in [0.717, 1.165) is 12.1 Å². The zero-order valence-corrected chi connectivity index (χ0v) is 18.2. The van der Waals surface area contributed by atoms with E-state index in [1.165, 1.54) is 36.4 Å². The minimum atomic E-state index is -4.80. The number of carbonyl (C=O) groups excluding carboxylic acids is 1. The molecule has 1 aliphatic heterocycles. The number of nitrogens with zero attached hydrogens (tertiary/aromatic N) is 1. The number of amides is 1. The molecule has 0 saturated carbocycles. The van der Waals surface area contributed by atoms with E-state index in [0.29, 0.717) is 19.6 Å². The topological polar surface area (TPSA) is 98.9 Å². The summed E-state index contributed by atoms with van der Waals surface area (Å²) in [5.74, 6) is 1.64. The van der Waals surface area contributed by atoms with Gasteiger partial charge in [0.2, 0.25) is 5.91 Å². The summed E-state index contributed by atoms with van der Waals surface area (Å²) in [7, 11) is -4.11. The average molecular weight is 482 g/mol. The average Bonchev–Trinajstić information content (AvgIpc) is 2.75. The van der Waals surface area contributed by atoms with Crippen LogP contribution in [0.5, 0.6) is 17.2 Å². The fraction of sp³-hybridized carbons (Fsp3) is 0.318. The molecule has 1 fully saturated rings. The van der Waals surface area contributed by atoms with Crippen LogP contribution in [0.15, 0.2) is 53.4 Å². The van der Waals surface area contributed by atoms with Gasteiger partial charge in [-0.25, -0.2) is 8.42 Å². The molecule has 2 N–H and O–H groups in total. The lowest BCUT2D eigenvalue weighted by atomic mass is 9.95. The lowest BCUT2D eigenvalue weighted by Gasteiger charge is -2.38. The van der Waals surface area contributed by atoms with E-state index >= 15 is 0 Å². The number of hydrogen-bond donors (Lipinski definition) is 1. The predicted octanol–water partition coefficient (Wildman–Crippen LogP) is 3.10. The first-order chi connectivity index (χ1) is 15.5. The number of nitrogens with two attached hydrogens (primary N) is 1. The molecule has 7 nitrogen and oxygen atoms in total. The van der Waals surface area contributed by atoms with Crippen LogP contribution in [0.2, 0.25) is 0 Å². The molecular formula is C22H21F3N2O5S. The predicted molar refractivity (Wildman–Crippen MR) is 113 cm³/mol. The Bertz CT molecular complexity index is 1130. The fourth-order valence-corrected chi connectivity index (χ4v) is 5.54. The number of terminal acetylenes is 1. The number of primary amides is 1. The largest absolute Gasteiger partial charge is 0.573 e. The van der Waals surface area contributed by atoms with Crippen molar-refractivity contribution in [1.29, 1.82) is 0 Å².